The zero-order chi connectivity index (χ0) is 16.8. The Labute approximate surface area is 143 Å². The van der Waals surface area contributed by atoms with E-state index in [1.807, 2.05) is 31.2 Å². The fraction of sp³-hybridized carbons (Fsp3) is 0.438. The topological polar surface area (TPSA) is 78.5 Å². The van der Waals surface area contributed by atoms with Crippen LogP contribution in [-0.2, 0) is 9.59 Å². The summed E-state index contributed by atoms with van der Waals surface area (Å²) in [4.78, 5) is 36.0. The van der Waals surface area contributed by atoms with Gasteiger partial charge in [-0.15, -0.1) is 0 Å². The second-order valence-electron chi connectivity index (χ2n) is 5.39. The number of rotatable bonds is 7. The summed E-state index contributed by atoms with van der Waals surface area (Å²) in [5.41, 5.74) is 1.05. The van der Waals surface area contributed by atoms with Gasteiger partial charge in [0.1, 0.15) is 0 Å². The van der Waals surface area contributed by atoms with Gasteiger partial charge in [-0.1, -0.05) is 35.0 Å². The van der Waals surface area contributed by atoms with Crippen molar-refractivity contribution in [1.82, 2.24) is 15.5 Å². The molecule has 0 radical (unpaired) electrons. The maximum Gasteiger partial charge on any atom is 0.324 e. The van der Waals surface area contributed by atoms with Crippen molar-refractivity contribution in [2.45, 2.75) is 32.2 Å². The average Bonchev–Trinajstić information content (AvgIpc) is 2.85. The van der Waals surface area contributed by atoms with Crippen LogP contribution in [0.5, 0.6) is 0 Å². The third kappa shape index (κ3) is 4.79. The van der Waals surface area contributed by atoms with Gasteiger partial charge in [0, 0.05) is 17.4 Å². The van der Waals surface area contributed by atoms with Crippen molar-refractivity contribution in [2.75, 3.05) is 13.1 Å². The van der Waals surface area contributed by atoms with Gasteiger partial charge in [0.05, 0.1) is 12.6 Å². The lowest BCUT2D eigenvalue weighted by atomic mass is 10.0. The number of halogens is 1. The molecular weight excluding hydrogens is 362 g/mol. The van der Waals surface area contributed by atoms with E-state index in [2.05, 4.69) is 26.6 Å². The van der Waals surface area contributed by atoms with E-state index < -0.39 is 0 Å². The molecule has 1 aromatic carbocycles. The third-order valence-electron chi connectivity index (χ3n) is 3.74. The Hall–Kier alpha value is -1.89. The van der Waals surface area contributed by atoms with Gasteiger partial charge in [0.25, 0.3) is 0 Å². The van der Waals surface area contributed by atoms with E-state index in [0.29, 0.717) is 6.42 Å². The fourth-order valence-electron chi connectivity index (χ4n) is 2.46. The Balaban J connectivity index is 1.80. The first-order valence-corrected chi connectivity index (χ1v) is 8.43. The molecule has 1 saturated heterocycles. The second-order valence-corrected chi connectivity index (χ2v) is 6.30. The quantitative estimate of drug-likeness (QED) is 0.711. The molecule has 6 nitrogen and oxygen atoms in total. The molecule has 23 heavy (non-hydrogen) atoms. The SMILES string of the molecule is CC[C@H](NC(=O)CCCN1C(=O)CNC1=O)c1ccc(Br)cc1. The van der Waals surface area contributed by atoms with Crippen LogP contribution in [0.1, 0.15) is 37.8 Å². The largest absolute Gasteiger partial charge is 0.349 e. The van der Waals surface area contributed by atoms with Crippen LogP contribution < -0.4 is 10.6 Å². The van der Waals surface area contributed by atoms with Gasteiger partial charge in [0.2, 0.25) is 11.8 Å². The molecule has 0 unspecified atom stereocenters. The molecule has 1 aromatic rings. The maximum atomic E-state index is 12.1. The minimum atomic E-state index is -0.378. The number of urea groups is 1. The van der Waals surface area contributed by atoms with Crippen LogP contribution in [0, 0.1) is 0 Å². The smallest absolute Gasteiger partial charge is 0.324 e. The normalized spacial score (nSPS) is 15.5. The fourth-order valence-corrected chi connectivity index (χ4v) is 2.73. The van der Waals surface area contributed by atoms with E-state index >= 15 is 0 Å². The van der Waals surface area contributed by atoms with Crippen LogP contribution in [0.4, 0.5) is 4.79 Å². The Morgan fingerprint density at radius 2 is 2.04 bits per heavy atom. The average molecular weight is 382 g/mol. The van der Waals surface area contributed by atoms with Crippen LogP contribution in [0.25, 0.3) is 0 Å². The number of carbonyl (C=O) groups excluding carboxylic acids is 3. The van der Waals surface area contributed by atoms with Gasteiger partial charge in [-0.3, -0.25) is 14.5 Å². The first-order valence-electron chi connectivity index (χ1n) is 7.64. The molecule has 124 valence electrons. The summed E-state index contributed by atoms with van der Waals surface area (Å²) in [7, 11) is 0. The molecule has 1 heterocycles. The standard InChI is InChI=1S/C16H20BrN3O3/c1-2-13(11-5-7-12(17)8-6-11)19-14(21)4-3-9-20-15(22)10-18-16(20)23/h5-8,13H,2-4,9-10H2,1H3,(H,18,23)(H,19,21)/t13-/m0/s1. The number of nitrogens with zero attached hydrogens (tertiary/aromatic N) is 1. The molecule has 2 N–H and O–H groups in total. The molecule has 2 rings (SSSR count). The summed E-state index contributed by atoms with van der Waals surface area (Å²) >= 11 is 3.39. The van der Waals surface area contributed by atoms with Gasteiger partial charge in [-0.05, 0) is 30.5 Å². The van der Waals surface area contributed by atoms with Crippen LogP contribution in [0.15, 0.2) is 28.7 Å². The lowest BCUT2D eigenvalue weighted by Crippen LogP contribution is -2.33. The number of nitrogens with one attached hydrogen (secondary N) is 2. The molecular formula is C16H20BrN3O3. The van der Waals surface area contributed by atoms with Crippen molar-refractivity contribution < 1.29 is 14.4 Å². The summed E-state index contributed by atoms with van der Waals surface area (Å²) in [6.45, 7) is 2.33. The Kier molecular flexibility index (Phi) is 6.15. The number of imide groups is 1. The summed E-state index contributed by atoms with van der Waals surface area (Å²) in [6, 6.07) is 7.44. The molecule has 1 aliphatic rings. The third-order valence-corrected chi connectivity index (χ3v) is 4.27. The number of amides is 4. The first kappa shape index (κ1) is 17.5. The Morgan fingerprint density at radius 3 is 2.61 bits per heavy atom. The van der Waals surface area contributed by atoms with Crippen molar-refractivity contribution in [2.24, 2.45) is 0 Å². The van der Waals surface area contributed by atoms with E-state index in [0.717, 1.165) is 21.4 Å². The summed E-state index contributed by atoms with van der Waals surface area (Å²) in [5, 5.41) is 5.45. The van der Waals surface area contributed by atoms with Crippen molar-refractivity contribution in [3.05, 3.63) is 34.3 Å². The molecule has 1 aliphatic heterocycles. The zero-order valence-electron chi connectivity index (χ0n) is 13.0. The molecule has 0 aliphatic carbocycles. The highest BCUT2D eigenvalue weighted by atomic mass is 79.9. The molecule has 4 amide bonds. The molecule has 7 heteroatoms. The van der Waals surface area contributed by atoms with Crippen LogP contribution in [-0.4, -0.2) is 35.8 Å². The summed E-state index contributed by atoms with van der Waals surface area (Å²) in [6.07, 6.45) is 1.53. The summed E-state index contributed by atoms with van der Waals surface area (Å²) < 4.78 is 0.996. The van der Waals surface area contributed by atoms with E-state index in [1.165, 1.54) is 0 Å². The van der Waals surface area contributed by atoms with Gasteiger partial charge >= 0.3 is 6.03 Å². The lowest BCUT2D eigenvalue weighted by molar-refractivity contribution is -0.126. The highest BCUT2D eigenvalue weighted by molar-refractivity contribution is 9.10. The van der Waals surface area contributed by atoms with E-state index in [1.54, 1.807) is 0 Å². The second kappa shape index (κ2) is 8.10. The van der Waals surface area contributed by atoms with Gasteiger partial charge in [0.15, 0.2) is 0 Å². The number of carbonyl (C=O) groups is 3. The van der Waals surface area contributed by atoms with Gasteiger partial charge < -0.3 is 10.6 Å². The Bertz CT molecular complexity index is 573. The van der Waals surface area contributed by atoms with Crippen molar-refractivity contribution in [1.29, 1.82) is 0 Å². The zero-order valence-corrected chi connectivity index (χ0v) is 14.6. The minimum absolute atomic E-state index is 0.0349. The molecule has 0 spiro atoms. The highest BCUT2D eigenvalue weighted by Gasteiger charge is 2.27. The van der Waals surface area contributed by atoms with Gasteiger partial charge in [-0.25, -0.2) is 4.79 Å². The summed E-state index contributed by atoms with van der Waals surface area (Å²) in [5.74, 6) is -0.316. The van der Waals surface area contributed by atoms with Gasteiger partial charge in [-0.2, -0.15) is 0 Å². The predicted octanol–water partition coefficient (Wildman–Crippen LogP) is 2.35. The maximum absolute atomic E-state index is 12.1. The highest BCUT2D eigenvalue weighted by Crippen LogP contribution is 2.19. The Morgan fingerprint density at radius 1 is 1.35 bits per heavy atom. The molecule has 1 fully saturated rings. The first-order chi connectivity index (χ1) is 11.0. The number of hydrogen-bond acceptors (Lipinski definition) is 3. The van der Waals surface area contributed by atoms with E-state index in [9.17, 15) is 14.4 Å². The van der Waals surface area contributed by atoms with Crippen LogP contribution in [0.3, 0.4) is 0 Å². The molecule has 0 bridgehead atoms. The van der Waals surface area contributed by atoms with Crippen molar-refractivity contribution in [3.63, 3.8) is 0 Å². The number of hydrogen-bond donors (Lipinski definition) is 2. The predicted molar refractivity (Wildman–Crippen MR) is 89.7 cm³/mol. The minimum Gasteiger partial charge on any atom is -0.349 e. The number of benzene rings is 1. The van der Waals surface area contributed by atoms with Crippen molar-refractivity contribution >= 4 is 33.8 Å². The van der Waals surface area contributed by atoms with E-state index in [4.69, 9.17) is 0 Å². The molecule has 0 saturated carbocycles. The lowest BCUT2D eigenvalue weighted by Gasteiger charge is -2.18. The van der Waals surface area contributed by atoms with E-state index in [-0.39, 0.29) is 43.4 Å². The van der Waals surface area contributed by atoms with Crippen LogP contribution >= 0.6 is 15.9 Å². The molecule has 0 aromatic heterocycles. The van der Waals surface area contributed by atoms with Crippen LogP contribution in [0.2, 0.25) is 0 Å². The molecule has 1 atom stereocenters. The van der Waals surface area contributed by atoms with Crippen molar-refractivity contribution in [3.8, 4) is 0 Å². The monoisotopic (exact) mass is 381 g/mol.